The minimum Gasteiger partial charge on any atom is -0.478 e. The van der Waals surface area contributed by atoms with Crippen LogP contribution in [0.2, 0.25) is 0 Å². The Hall–Kier alpha value is -0.790. The lowest BCUT2D eigenvalue weighted by molar-refractivity contribution is -0.131. The van der Waals surface area contributed by atoms with Crippen molar-refractivity contribution in [2.24, 2.45) is 5.92 Å². The number of rotatable bonds is 5. The van der Waals surface area contributed by atoms with Crippen molar-refractivity contribution in [1.29, 1.82) is 0 Å². The van der Waals surface area contributed by atoms with Gasteiger partial charge in [-0.25, -0.2) is 4.79 Å². The van der Waals surface area contributed by atoms with Gasteiger partial charge in [0.2, 0.25) is 0 Å². The zero-order valence-corrected chi connectivity index (χ0v) is 7.21. The Morgan fingerprint density at radius 2 is 2.27 bits per heavy atom. The largest absolute Gasteiger partial charge is 0.478 e. The number of carbonyl (C=O) groups is 1. The molecule has 11 heavy (non-hydrogen) atoms. The molecule has 1 unspecified atom stereocenters. The molecule has 2 nitrogen and oxygen atoms in total. The monoisotopic (exact) mass is 156 g/mol. The molecule has 0 heterocycles. The lowest BCUT2D eigenvalue weighted by Gasteiger charge is -2.04. The molecule has 0 spiro atoms. The van der Waals surface area contributed by atoms with Crippen molar-refractivity contribution in [2.75, 3.05) is 0 Å². The number of allylic oxidation sites excluding steroid dienone is 1. The number of carboxylic acid groups (broad SMARTS) is 1. The van der Waals surface area contributed by atoms with Crippen LogP contribution in [0.4, 0.5) is 0 Å². The third-order valence-electron chi connectivity index (χ3n) is 1.58. The first-order valence-electron chi connectivity index (χ1n) is 4.06. The van der Waals surface area contributed by atoms with Crippen molar-refractivity contribution in [1.82, 2.24) is 0 Å². The van der Waals surface area contributed by atoms with Crippen LogP contribution in [0.1, 0.15) is 33.1 Å². The Morgan fingerprint density at radius 1 is 1.64 bits per heavy atom. The summed E-state index contributed by atoms with van der Waals surface area (Å²) in [5.41, 5.74) is 0. The molecule has 0 rings (SSSR count). The van der Waals surface area contributed by atoms with Gasteiger partial charge in [0.05, 0.1) is 0 Å². The summed E-state index contributed by atoms with van der Waals surface area (Å²) in [4.78, 5) is 10.1. The highest BCUT2D eigenvalue weighted by Crippen LogP contribution is 2.09. The lowest BCUT2D eigenvalue weighted by atomic mass is 10.0. The Labute approximate surface area is 67.9 Å². The number of hydrogen-bond donors (Lipinski definition) is 1. The molecule has 1 atom stereocenters. The van der Waals surface area contributed by atoms with Crippen LogP contribution in [0.3, 0.4) is 0 Å². The highest BCUT2D eigenvalue weighted by Gasteiger charge is 1.96. The number of aliphatic carboxylic acids is 1. The summed E-state index contributed by atoms with van der Waals surface area (Å²) in [7, 11) is 0. The van der Waals surface area contributed by atoms with Gasteiger partial charge >= 0.3 is 5.97 Å². The van der Waals surface area contributed by atoms with E-state index in [9.17, 15) is 4.79 Å². The minimum atomic E-state index is -0.853. The summed E-state index contributed by atoms with van der Waals surface area (Å²) >= 11 is 0. The quantitative estimate of drug-likeness (QED) is 0.621. The van der Waals surface area contributed by atoms with Gasteiger partial charge in [-0.3, -0.25) is 0 Å². The van der Waals surface area contributed by atoms with Crippen molar-refractivity contribution < 1.29 is 9.90 Å². The molecule has 0 saturated carbocycles. The second kappa shape index (κ2) is 5.96. The highest BCUT2D eigenvalue weighted by atomic mass is 16.4. The van der Waals surface area contributed by atoms with E-state index in [2.05, 4.69) is 13.8 Å². The average Bonchev–Trinajstić information content (AvgIpc) is 1.87. The van der Waals surface area contributed by atoms with E-state index in [1.165, 1.54) is 18.9 Å². The molecule has 64 valence electrons. The molecule has 0 aromatic carbocycles. The SMILES string of the molecule is CCCC(C)CC=CC(=O)O. The van der Waals surface area contributed by atoms with Gasteiger partial charge < -0.3 is 5.11 Å². The molecule has 0 bridgehead atoms. The predicted molar refractivity (Wildman–Crippen MR) is 45.5 cm³/mol. The van der Waals surface area contributed by atoms with Gasteiger partial charge in [-0.05, 0) is 12.3 Å². The first kappa shape index (κ1) is 10.2. The lowest BCUT2D eigenvalue weighted by Crippen LogP contribution is -1.92. The van der Waals surface area contributed by atoms with Gasteiger partial charge in [0, 0.05) is 6.08 Å². The Morgan fingerprint density at radius 3 is 2.73 bits per heavy atom. The third kappa shape index (κ3) is 7.10. The third-order valence-corrected chi connectivity index (χ3v) is 1.58. The molecular weight excluding hydrogens is 140 g/mol. The second-order valence-corrected chi connectivity index (χ2v) is 2.87. The molecule has 0 aliphatic carbocycles. The molecule has 0 aromatic heterocycles. The van der Waals surface area contributed by atoms with Crippen molar-refractivity contribution >= 4 is 5.97 Å². The predicted octanol–water partition coefficient (Wildman–Crippen LogP) is 2.45. The van der Waals surface area contributed by atoms with E-state index in [0.29, 0.717) is 5.92 Å². The normalized spacial score (nSPS) is 13.6. The first-order chi connectivity index (χ1) is 5.16. The molecular formula is C9H16O2. The van der Waals surface area contributed by atoms with Crippen molar-refractivity contribution in [3.63, 3.8) is 0 Å². The van der Waals surface area contributed by atoms with E-state index in [0.717, 1.165) is 6.42 Å². The fourth-order valence-electron chi connectivity index (χ4n) is 1.01. The molecule has 2 heteroatoms. The van der Waals surface area contributed by atoms with E-state index in [4.69, 9.17) is 5.11 Å². The Kier molecular flexibility index (Phi) is 5.53. The smallest absolute Gasteiger partial charge is 0.327 e. The number of hydrogen-bond acceptors (Lipinski definition) is 1. The van der Waals surface area contributed by atoms with Crippen molar-refractivity contribution in [3.05, 3.63) is 12.2 Å². The van der Waals surface area contributed by atoms with E-state index in [-0.39, 0.29) is 0 Å². The summed E-state index contributed by atoms with van der Waals surface area (Å²) in [6.07, 6.45) is 6.15. The zero-order chi connectivity index (χ0) is 8.69. The van der Waals surface area contributed by atoms with Crippen LogP contribution in [-0.2, 0) is 4.79 Å². The van der Waals surface area contributed by atoms with E-state index in [1.54, 1.807) is 6.08 Å². The zero-order valence-electron chi connectivity index (χ0n) is 7.21. The van der Waals surface area contributed by atoms with Crippen molar-refractivity contribution in [2.45, 2.75) is 33.1 Å². The fourth-order valence-corrected chi connectivity index (χ4v) is 1.01. The topological polar surface area (TPSA) is 37.3 Å². The summed E-state index contributed by atoms with van der Waals surface area (Å²) in [6, 6.07) is 0. The Bertz CT molecular complexity index is 138. The van der Waals surface area contributed by atoms with Gasteiger partial charge in [0.1, 0.15) is 0 Å². The summed E-state index contributed by atoms with van der Waals surface area (Å²) < 4.78 is 0. The highest BCUT2D eigenvalue weighted by molar-refractivity contribution is 5.79. The fraction of sp³-hybridized carbons (Fsp3) is 0.667. The van der Waals surface area contributed by atoms with Crippen LogP contribution in [0, 0.1) is 5.92 Å². The maximum absolute atomic E-state index is 10.1. The molecule has 0 saturated heterocycles. The van der Waals surface area contributed by atoms with Crippen LogP contribution in [-0.4, -0.2) is 11.1 Å². The van der Waals surface area contributed by atoms with Gasteiger partial charge in [0.25, 0.3) is 0 Å². The summed E-state index contributed by atoms with van der Waals surface area (Å²) in [5.74, 6) is -0.246. The Balaban J connectivity index is 3.44. The van der Waals surface area contributed by atoms with Crippen LogP contribution in [0.5, 0.6) is 0 Å². The maximum atomic E-state index is 10.1. The van der Waals surface area contributed by atoms with E-state index < -0.39 is 5.97 Å². The average molecular weight is 156 g/mol. The van der Waals surface area contributed by atoms with Gasteiger partial charge in [-0.2, -0.15) is 0 Å². The molecule has 0 aliphatic heterocycles. The minimum absolute atomic E-state index is 0.607. The van der Waals surface area contributed by atoms with Gasteiger partial charge in [0.15, 0.2) is 0 Å². The van der Waals surface area contributed by atoms with Crippen LogP contribution < -0.4 is 0 Å². The molecule has 0 aromatic rings. The van der Waals surface area contributed by atoms with E-state index in [1.807, 2.05) is 0 Å². The summed E-state index contributed by atoms with van der Waals surface area (Å²) in [6.45, 7) is 4.27. The van der Waals surface area contributed by atoms with Gasteiger partial charge in [-0.15, -0.1) is 0 Å². The standard InChI is InChI=1S/C9H16O2/c1-3-5-8(2)6-4-7-9(10)11/h4,7-8H,3,5-6H2,1-2H3,(H,10,11). The molecule has 1 N–H and O–H groups in total. The second-order valence-electron chi connectivity index (χ2n) is 2.87. The molecule has 0 aliphatic rings. The molecule has 0 fully saturated rings. The van der Waals surface area contributed by atoms with Crippen LogP contribution in [0.15, 0.2) is 12.2 Å². The van der Waals surface area contributed by atoms with Crippen molar-refractivity contribution in [3.8, 4) is 0 Å². The number of carboxylic acids is 1. The van der Waals surface area contributed by atoms with Gasteiger partial charge in [-0.1, -0.05) is 32.8 Å². The summed E-state index contributed by atoms with van der Waals surface area (Å²) in [5, 5.41) is 8.27. The van der Waals surface area contributed by atoms with E-state index >= 15 is 0 Å². The molecule has 0 radical (unpaired) electrons. The maximum Gasteiger partial charge on any atom is 0.327 e. The van der Waals surface area contributed by atoms with Crippen LogP contribution in [0.25, 0.3) is 0 Å². The van der Waals surface area contributed by atoms with Crippen LogP contribution >= 0.6 is 0 Å². The molecule has 0 amide bonds. The first-order valence-corrected chi connectivity index (χ1v) is 4.06.